The second-order valence-corrected chi connectivity index (χ2v) is 24.8. The number of nitrogens with two attached hydrogens (primary N) is 1. The molecule has 0 amide bonds. The van der Waals surface area contributed by atoms with Crippen molar-refractivity contribution in [3.8, 4) is 18.1 Å². The first-order valence-electron chi connectivity index (χ1n) is 32.6. The number of carbonyl (C=O) groups is 2. The second kappa shape index (κ2) is 41.2. The molecule has 1 fully saturated rings. The third-order valence-electron chi connectivity index (χ3n) is 16.1. The Hall–Kier alpha value is -4.87. The Morgan fingerprint density at radius 1 is 0.711 bits per heavy atom. The van der Waals surface area contributed by atoms with Crippen molar-refractivity contribution in [2.24, 2.45) is 0 Å². The fourth-order valence-corrected chi connectivity index (χ4v) is 12.6. The molecule has 2 aromatic carbocycles. The Labute approximate surface area is 498 Å². The van der Waals surface area contributed by atoms with Gasteiger partial charge in [0.05, 0.1) is 12.9 Å². The largest absolute Gasteiger partial charge is 0.465 e. The molecule has 0 spiro atoms. The smallest absolute Gasteiger partial charge is 0.459 e. The third kappa shape index (κ3) is 26.9. The third-order valence-corrected chi connectivity index (χ3v) is 17.6. The number of carbonyl (C=O) groups excluding carboxylic acids is 2. The monoisotopic (exact) mass is 1170 g/mol. The summed E-state index contributed by atoms with van der Waals surface area (Å²) in [6, 6.07) is 16.6. The van der Waals surface area contributed by atoms with Crippen molar-refractivity contribution in [2.45, 2.75) is 282 Å². The van der Waals surface area contributed by atoms with Gasteiger partial charge >= 0.3 is 25.8 Å². The van der Waals surface area contributed by atoms with Crippen LogP contribution in [0, 0.1) is 18.4 Å². The van der Waals surface area contributed by atoms with Gasteiger partial charge in [0.25, 0.3) is 0 Å². The number of ether oxygens (including phenoxy) is 3. The minimum atomic E-state index is -4.59. The summed E-state index contributed by atoms with van der Waals surface area (Å²) in [5.74, 6) is 1.57. The molecule has 14 nitrogen and oxygen atoms in total. The standard InChI is InChI=1S/C67H104FN6O8P/c1-4-7-9-11-13-15-17-19-21-23-25-27-29-31-33-35-37-45-51-78-65(76)58(52-56-46-40-38-41-47-56)73-83(77,82-57-48-42-39-43-49-57)79-54-67(6-3)59(53-60(81-67)74-55-70-62-63(69)71-66(68)72-64(62)74)80-61(75)50-44-36-34-32-30-28-26-24-22-20-18-16-14-12-10-8-5-2/h3,38-43,46-49,55,58-60H,4-5,7-37,44-45,50-54H2,1-2H3,(H,73,77)(H2,69,71,72)/t58-,59-,60+,67+,83?/m0/s1. The van der Waals surface area contributed by atoms with E-state index in [1.54, 1.807) is 30.3 Å². The molecule has 0 radical (unpaired) electrons. The Morgan fingerprint density at radius 3 is 1.67 bits per heavy atom. The van der Waals surface area contributed by atoms with Crippen LogP contribution in [0.1, 0.15) is 263 Å². The summed E-state index contributed by atoms with van der Waals surface area (Å²) in [5.41, 5.74) is 5.11. The van der Waals surface area contributed by atoms with Crippen molar-refractivity contribution >= 4 is 36.7 Å². The maximum atomic E-state index is 15.3. The first-order valence-corrected chi connectivity index (χ1v) is 34.1. The lowest BCUT2D eigenvalue weighted by Gasteiger charge is -2.31. The van der Waals surface area contributed by atoms with Gasteiger partial charge in [-0.3, -0.25) is 18.7 Å². The lowest BCUT2D eigenvalue weighted by atomic mass is 9.98. The van der Waals surface area contributed by atoms with E-state index >= 15 is 4.57 Å². The van der Waals surface area contributed by atoms with E-state index in [1.165, 1.54) is 184 Å². The molecule has 5 atom stereocenters. The number of para-hydroxylation sites is 1. The summed E-state index contributed by atoms with van der Waals surface area (Å²) in [6.07, 6.45) is 48.0. The summed E-state index contributed by atoms with van der Waals surface area (Å²) >= 11 is 0. The second-order valence-electron chi connectivity index (χ2n) is 23.2. The number of benzene rings is 2. The van der Waals surface area contributed by atoms with Crippen molar-refractivity contribution in [3.05, 3.63) is 78.6 Å². The highest BCUT2D eigenvalue weighted by Crippen LogP contribution is 2.49. The zero-order valence-electron chi connectivity index (χ0n) is 50.9. The highest BCUT2D eigenvalue weighted by atomic mass is 31.2. The zero-order valence-corrected chi connectivity index (χ0v) is 51.8. The molecule has 3 heterocycles. The van der Waals surface area contributed by atoms with Crippen LogP contribution in [0.2, 0.25) is 0 Å². The number of unbranched alkanes of at least 4 members (excludes halogenated alkanes) is 33. The molecule has 83 heavy (non-hydrogen) atoms. The predicted octanol–water partition coefficient (Wildman–Crippen LogP) is 17.8. The average Bonchev–Trinajstić information content (AvgIpc) is 4.29. The van der Waals surface area contributed by atoms with Gasteiger partial charge in [0.1, 0.15) is 30.7 Å². The van der Waals surface area contributed by atoms with Crippen molar-refractivity contribution in [3.63, 3.8) is 0 Å². The SMILES string of the molecule is C#C[C@]1(COP(=O)(N[C@@H](Cc2ccccc2)C(=O)OCCCCCCCCCCCCCCCCCCCC)Oc2ccccc2)O[C@@H](n2cnc3c(N)nc(F)nc32)C[C@@H]1OC(=O)CCCCCCCCCCCCCCCCCCC. The van der Waals surface area contributed by atoms with Crippen molar-refractivity contribution in [1.82, 2.24) is 24.6 Å². The van der Waals surface area contributed by atoms with E-state index in [4.69, 9.17) is 35.4 Å². The van der Waals surface area contributed by atoms with Gasteiger partial charge in [-0.1, -0.05) is 280 Å². The van der Waals surface area contributed by atoms with Crippen molar-refractivity contribution in [1.29, 1.82) is 0 Å². The van der Waals surface area contributed by atoms with Crippen LogP contribution < -0.4 is 15.3 Å². The molecule has 16 heteroatoms. The van der Waals surface area contributed by atoms with Gasteiger partial charge in [-0.15, -0.1) is 6.42 Å². The summed E-state index contributed by atoms with van der Waals surface area (Å²) in [7, 11) is -4.59. The number of imidazole rings is 1. The maximum absolute atomic E-state index is 15.3. The number of anilines is 1. The Kier molecular flexibility index (Phi) is 34.2. The number of hydrogen-bond donors (Lipinski definition) is 2. The van der Waals surface area contributed by atoms with Gasteiger partial charge in [0.15, 0.2) is 22.6 Å². The fraction of sp³-hybridized carbons (Fsp3) is 0.687. The number of terminal acetylenes is 1. The molecule has 1 saturated heterocycles. The van der Waals surface area contributed by atoms with Crippen LogP contribution in [-0.4, -0.2) is 62.4 Å². The molecule has 0 aliphatic carbocycles. The van der Waals surface area contributed by atoms with E-state index in [-0.39, 0.29) is 48.6 Å². The minimum Gasteiger partial charge on any atom is -0.465 e. The van der Waals surface area contributed by atoms with E-state index < -0.39 is 56.3 Å². The molecule has 1 aliphatic rings. The van der Waals surface area contributed by atoms with Crippen LogP contribution in [-0.2, 0) is 39.3 Å². The number of nitrogens with one attached hydrogen (secondary N) is 1. The van der Waals surface area contributed by atoms with Gasteiger partial charge in [-0.2, -0.15) is 19.4 Å². The topological polar surface area (TPSA) is 179 Å². The zero-order chi connectivity index (χ0) is 59.1. The van der Waals surface area contributed by atoms with Crippen LogP contribution in [0.15, 0.2) is 67.0 Å². The number of nitrogen functional groups attached to an aromatic ring is 1. The molecule has 0 bridgehead atoms. The molecule has 1 unspecified atom stereocenters. The van der Waals surface area contributed by atoms with E-state index in [1.807, 2.05) is 30.3 Å². The molecular weight excluding hydrogens is 1070 g/mol. The number of hydrogen-bond acceptors (Lipinski definition) is 12. The average molecular weight is 1170 g/mol. The molecule has 3 N–H and O–H groups in total. The predicted molar refractivity (Wildman–Crippen MR) is 332 cm³/mol. The number of aromatic nitrogens is 4. The van der Waals surface area contributed by atoms with E-state index in [2.05, 4.69) is 39.8 Å². The van der Waals surface area contributed by atoms with Crippen molar-refractivity contribution < 1.29 is 41.8 Å². The van der Waals surface area contributed by atoms with Crippen molar-refractivity contribution in [2.75, 3.05) is 18.9 Å². The summed E-state index contributed by atoms with van der Waals surface area (Å²) < 4.78 is 62.5. The molecule has 4 aromatic rings. The first-order chi connectivity index (χ1) is 40.6. The van der Waals surface area contributed by atoms with Crippen LogP contribution in [0.5, 0.6) is 5.75 Å². The number of fused-ring (bicyclic) bond motifs is 1. The van der Waals surface area contributed by atoms with Gasteiger partial charge in [-0.05, 0) is 37.0 Å². The van der Waals surface area contributed by atoms with Crippen LogP contribution >= 0.6 is 7.75 Å². The summed E-state index contributed by atoms with van der Waals surface area (Å²) in [4.78, 5) is 39.7. The van der Waals surface area contributed by atoms with Crippen LogP contribution in [0.25, 0.3) is 11.2 Å². The maximum Gasteiger partial charge on any atom is 0.459 e. The Bertz CT molecular complexity index is 2460. The van der Waals surface area contributed by atoms with E-state index in [9.17, 15) is 14.0 Å². The molecule has 0 saturated carbocycles. The fourth-order valence-electron chi connectivity index (χ4n) is 11.1. The van der Waals surface area contributed by atoms with Gasteiger partial charge in [0, 0.05) is 12.8 Å². The van der Waals surface area contributed by atoms with Gasteiger partial charge in [0.2, 0.25) is 0 Å². The van der Waals surface area contributed by atoms with Crippen LogP contribution in [0.3, 0.4) is 0 Å². The lowest BCUT2D eigenvalue weighted by molar-refractivity contribution is -0.158. The van der Waals surface area contributed by atoms with E-state index in [0.29, 0.717) is 12.8 Å². The molecule has 5 rings (SSSR count). The molecular formula is C67H104FN6O8P. The molecule has 462 valence electrons. The number of esters is 2. The Morgan fingerprint density at radius 2 is 1.18 bits per heavy atom. The van der Waals surface area contributed by atoms with E-state index in [0.717, 1.165) is 44.1 Å². The number of halogens is 1. The van der Waals surface area contributed by atoms with Crippen LogP contribution in [0.4, 0.5) is 10.2 Å². The number of nitrogens with zero attached hydrogens (tertiary/aromatic N) is 4. The molecule has 1 aliphatic heterocycles. The lowest BCUT2D eigenvalue weighted by Crippen LogP contribution is -2.46. The van der Waals surface area contributed by atoms with Gasteiger partial charge in [-0.25, -0.2) is 9.55 Å². The number of rotatable bonds is 49. The highest BCUT2D eigenvalue weighted by Gasteiger charge is 2.53. The first kappa shape index (κ1) is 68.9. The quantitative estimate of drug-likeness (QED) is 0.0140. The summed E-state index contributed by atoms with van der Waals surface area (Å²) in [6.45, 7) is 4.10. The van der Waals surface area contributed by atoms with Gasteiger partial charge < -0.3 is 24.5 Å². The normalized spacial score (nSPS) is 17.1. The Balaban J connectivity index is 1.16. The molecule has 2 aromatic heterocycles. The highest BCUT2D eigenvalue weighted by molar-refractivity contribution is 7.52. The summed E-state index contributed by atoms with van der Waals surface area (Å²) in [5, 5.41) is 2.93. The minimum absolute atomic E-state index is 0.0327.